The summed E-state index contributed by atoms with van der Waals surface area (Å²) in [4.78, 5) is 21.1. The van der Waals surface area contributed by atoms with Crippen LogP contribution in [0, 0.1) is 13.8 Å². The number of carbonyl (C=O) groups is 1. The van der Waals surface area contributed by atoms with Crippen molar-refractivity contribution < 1.29 is 27.4 Å². The van der Waals surface area contributed by atoms with Crippen LogP contribution in [0.3, 0.4) is 0 Å². The fourth-order valence-electron chi connectivity index (χ4n) is 3.15. The van der Waals surface area contributed by atoms with Gasteiger partial charge in [0.05, 0.1) is 15.6 Å². The monoisotopic (exact) mass is 465 g/mol. The third-order valence-electron chi connectivity index (χ3n) is 4.44. The first kappa shape index (κ1) is 21.8. The molecule has 0 radical (unpaired) electrons. The zero-order chi connectivity index (χ0) is 23.0. The van der Waals surface area contributed by atoms with E-state index < -0.39 is 18.7 Å². The molecule has 1 aromatic carbocycles. The molecule has 0 aliphatic rings. The van der Waals surface area contributed by atoms with Gasteiger partial charge in [-0.2, -0.15) is 13.2 Å². The Kier molecular flexibility index (Phi) is 5.63. The van der Waals surface area contributed by atoms with E-state index in [1.165, 1.54) is 18.2 Å². The molecule has 0 unspecified atom stereocenters. The van der Waals surface area contributed by atoms with Crippen molar-refractivity contribution in [1.82, 2.24) is 19.7 Å². The van der Waals surface area contributed by atoms with Crippen molar-refractivity contribution in [3.63, 3.8) is 0 Å². The van der Waals surface area contributed by atoms with Crippen LogP contribution in [0.1, 0.15) is 11.3 Å². The lowest BCUT2D eigenvalue weighted by atomic mass is 10.2. The number of halogens is 3. The summed E-state index contributed by atoms with van der Waals surface area (Å²) in [6.07, 6.45) is -4.42. The van der Waals surface area contributed by atoms with Crippen molar-refractivity contribution in [2.45, 2.75) is 20.0 Å². The number of thiazole rings is 1. The van der Waals surface area contributed by atoms with E-state index >= 15 is 0 Å². The number of aryl methyl sites for hydroxylation is 3. The summed E-state index contributed by atoms with van der Waals surface area (Å²) in [5.74, 6) is -0.0755. The fourth-order valence-corrected chi connectivity index (χ4v) is 4.06. The molecule has 0 aliphatic carbocycles. The van der Waals surface area contributed by atoms with E-state index in [9.17, 15) is 18.0 Å². The van der Waals surface area contributed by atoms with Gasteiger partial charge in [0.25, 0.3) is 5.91 Å². The Balaban J connectivity index is 1.43. The molecule has 4 aromatic rings. The Hall–Kier alpha value is -3.41. The van der Waals surface area contributed by atoms with Crippen molar-refractivity contribution >= 4 is 43.6 Å². The fraction of sp³-hybridized carbons (Fsp3) is 0.300. The standard InChI is InChI=1S/C20H18F3N5O3S/c1-10-6-11(2)24-17-16(10)18(27-28(17)3)30-8-15(29)26-19-25-13-5-4-12(7-14(13)32-19)31-9-20(21,22)23/h4-7H,8-9H2,1-3H3,(H,25,26,29). The Morgan fingerprint density at radius 3 is 2.72 bits per heavy atom. The molecule has 0 spiro atoms. The van der Waals surface area contributed by atoms with Gasteiger partial charge in [-0.05, 0) is 43.7 Å². The topological polar surface area (TPSA) is 91.2 Å². The molecule has 8 nitrogen and oxygen atoms in total. The maximum atomic E-state index is 12.4. The molecule has 32 heavy (non-hydrogen) atoms. The third kappa shape index (κ3) is 4.74. The minimum atomic E-state index is -4.42. The molecule has 12 heteroatoms. The number of anilines is 1. The maximum absolute atomic E-state index is 12.4. The molecular formula is C20H18F3N5O3S. The van der Waals surface area contributed by atoms with Gasteiger partial charge in [-0.15, -0.1) is 5.10 Å². The summed E-state index contributed by atoms with van der Waals surface area (Å²) in [6, 6.07) is 6.28. The second-order valence-electron chi connectivity index (χ2n) is 7.10. The molecule has 0 aliphatic heterocycles. The number of hydrogen-bond acceptors (Lipinski definition) is 7. The third-order valence-corrected chi connectivity index (χ3v) is 5.37. The van der Waals surface area contributed by atoms with E-state index in [1.807, 2.05) is 19.9 Å². The lowest BCUT2D eigenvalue weighted by Crippen LogP contribution is -2.20. The quantitative estimate of drug-likeness (QED) is 0.460. The van der Waals surface area contributed by atoms with E-state index in [-0.39, 0.29) is 12.4 Å². The summed E-state index contributed by atoms with van der Waals surface area (Å²) in [5.41, 5.74) is 2.97. The first-order chi connectivity index (χ1) is 15.1. The van der Waals surface area contributed by atoms with Gasteiger partial charge < -0.3 is 9.47 Å². The normalized spacial score (nSPS) is 11.8. The van der Waals surface area contributed by atoms with Gasteiger partial charge >= 0.3 is 6.18 Å². The van der Waals surface area contributed by atoms with Crippen molar-refractivity contribution in [2.24, 2.45) is 7.05 Å². The molecule has 0 fully saturated rings. The lowest BCUT2D eigenvalue weighted by molar-refractivity contribution is -0.153. The molecule has 0 saturated heterocycles. The van der Waals surface area contributed by atoms with Gasteiger partial charge in [0, 0.05) is 12.7 Å². The first-order valence-corrected chi connectivity index (χ1v) is 10.2. The number of nitrogens with zero attached hydrogens (tertiary/aromatic N) is 4. The summed E-state index contributed by atoms with van der Waals surface area (Å²) in [7, 11) is 1.74. The average molecular weight is 465 g/mol. The molecule has 1 amide bonds. The first-order valence-electron chi connectivity index (χ1n) is 9.43. The van der Waals surface area contributed by atoms with Gasteiger partial charge in [-0.3, -0.25) is 10.1 Å². The lowest BCUT2D eigenvalue weighted by Gasteiger charge is -2.08. The highest BCUT2D eigenvalue weighted by molar-refractivity contribution is 7.22. The highest BCUT2D eigenvalue weighted by atomic mass is 32.1. The summed E-state index contributed by atoms with van der Waals surface area (Å²) in [5, 5.41) is 7.95. The number of amides is 1. The van der Waals surface area contributed by atoms with E-state index in [1.54, 1.807) is 11.7 Å². The van der Waals surface area contributed by atoms with Gasteiger partial charge in [0.2, 0.25) is 5.88 Å². The predicted molar refractivity (Wildman–Crippen MR) is 113 cm³/mol. The zero-order valence-corrected chi connectivity index (χ0v) is 18.1. The number of benzene rings is 1. The van der Waals surface area contributed by atoms with Gasteiger partial charge in [-0.1, -0.05) is 11.3 Å². The molecule has 168 valence electrons. The van der Waals surface area contributed by atoms with Crippen LogP contribution in [-0.4, -0.2) is 45.0 Å². The van der Waals surface area contributed by atoms with Crippen molar-refractivity contribution in [3.05, 3.63) is 35.5 Å². The van der Waals surface area contributed by atoms with Crippen LogP contribution in [0.25, 0.3) is 21.3 Å². The highest BCUT2D eigenvalue weighted by Gasteiger charge is 2.28. The number of carbonyl (C=O) groups excluding carboxylic acids is 1. The number of aromatic nitrogens is 4. The largest absolute Gasteiger partial charge is 0.484 e. The predicted octanol–water partition coefficient (Wildman–Crippen LogP) is 4.15. The zero-order valence-electron chi connectivity index (χ0n) is 17.3. The molecule has 0 atom stereocenters. The molecule has 3 aromatic heterocycles. The molecule has 1 N–H and O–H groups in total. The summed E-state index contributed by atoms with van der Waals surface area (Å²) in [6.45, 7) is 2.13. The Morgan fingerprint density at radius 1 is 1.19 bits per heavy atom. The number of fused-ring (bicyclic) bond motifs is 2. The number of alkyl halides is 3. The van der Waals surface area contributed by atoms with Crippen LogP contribution in [-0.2, 0) is 11.8 Å². The number of rotatable bonds is 6. The SMILES string of the molecule is Cc1cc(C)c2c(OCC(=O)Nc3nc4ccc(OCC(F)(F)F)cc4s3)nn(C)c2n1. The van der Waals surface area contributed by atoms with Crippen LogP contribution in [0.2, 0.25) is 0 Å². The van der Waals surface area contributed by atoms with Crippen molar-refractivity contribution in [2.75, 3.05) is 18.5 Å². The number of ether oxygens (including phenoxy) is 2. The summed E-state index contributed by atoms with van der Waals surface area (Å²) >= 11 is 1.12. The smallest absolute Gasteiger partial charge is 0.422 e. The molecule has 0 bridgehead atoms. The van der Waals surface area contributed by atoms with E-state index in [0.29, 0.717) is 26.9 Å². The maximum Gasteiger partial charge on any atom is 0.422 e. The minimum absolute atomic E-state index is 0.0703. The van der Waals surface area contributed by atoms with Crippen LogP contribution in [0.5, 0.6) is 11.6 Å². The van der Waals surface area contributed by atoms with Crippen molar-refractivity contribution in [1.29, 1.82) is 0 Å². The highest BCUT2D eigenvalue weighted by Crippen LogP contribution is 2.30. The average Bonchev–Trinajstić information content (AvgIpc) is 3.24. The number of hydrogen-bond donors (Lipinski definition) is 1. The van der Waals surface area contributed by atoms with E-state index in [4.69, 9.17) is 9.47 Å². The van der Waals surface area contributed by atoms with Gasteiger partial charge in [0.1, 0.15) is 5.75 Å². The van der Waals surface area contributed by atoms with E-state index in [2.05, 4.69) is 20.4 Å². The van der Waals surface area contributed by atoms with Crippen LogP contribution >= 0.6 is 11.3 Å². The van der Waals surface area contributed by atoms with Crippen LogP contribution in [0.4, 0.5) is 18.3 Å². The van der Waals surface area contributed by atoms with Gasteiger partial charge in [0.15, 0.2) is 24.0 Å². The van der Waals surface area contributed by atoms with E-state index in [0.717, 1.165) is 28.0 Å². The van der Waals surface area contributed by atoms with Crippen LogP contribution < -0.4 is 14.8 Å². The molecule has 0 saturated carbocycles. The van der Waals surface area contributed by atoms with Gasteiger partial charge in [-0.25, -0.2) is 14.6 Å². The molecule has 3 heterocycles. The summed E-state index contributed by atoms with van der Waals surface area (Å²) < 4.78 is 49.5. The Morgan fingerprint density at radius 2 is 1.97 bits per heavy atom. The van der Waals surface area contributed by atoms with Crippen molar-refractivity contribution in [3.8, 4) is 11.6 Å². The molecular weight excluding hydrogens is 447 g/mol. The second kappa shape index (κ2) is 8.26. The minimum Gasteiger partial charge on any atom is -0.484 e. The number of nitrogens with one attached hydrogen (secondary N) is 1. The second-order valence-corrected chi connectivity index (χ2v) is 8.13. The Bertz CT molecular complexity index is 1320. The number of pyridine rings is 1. The Labute approximate surface area is 184 Å². The van der Waals surface area contributed by atoms with Crippen LogP contribution in [0.15, 0.2) is 24.3 Å². The molecule has 4 rings (SSSR count).